The largest absolute Gasteiger partial charge is 0.384 e. The number of nitrogens with zero attached hydrogens (tertiary/aromatic N) is 1. The minimum Gasteiger partial charge on any atom is -0.384 e. The molecule has 4 heteroatoms. The molecule has 1 rings (SSSR count). The van der Waals surface area contributed by atoms with Crippen molar-refractivity contribution in [1.82, 2.24) is 5.32 Å². The van der Waals surface area contributed by atoms with Crippen LogP contribution in [0, 0.1) is 11.3 Å². The van der Waals surface area contributed by atoms with Gasteiger partial charge in [0, 0.05) is 17.8 Å². The predicted octanol–water partition coefficient (Wildman–Crippen LogP) is 3.05. The summed E-state index contributed by atoms with van der Waals surface area (Å²) in [7, 11) is 0. The van der Waals surface area contributed by atoms with Crippen molar-refractivity contribution in [2.75, 3.05) is 13.2 Å². The number of aliphatic hydroxyl groups is 1. The molecule has 112 valence electrons. The number of hydrogen-bond acceptors (Lipinski definition) is 4. The Balaban J connectivity index is 2.22. The van der Waals surface area contributed by atoms with Crippen LogP contribution in [0.25, 0.3) is 0 Å². The molecule has 2 N–H and O–H groups in total. The van der Waals surface area contributed by atoms with E-state index in [9.17, 15) is 5.11 Å². The lowest BCUT2D eigenvalue weighted by Gasteiger charge is -2.13. The third kappa shape index (κ3) is 6.26. The minimum atomic E-state index is -0.899. The van der Waals surface area contributed by atoms with Gasteiger partial charge in [-0.2, -0.15) is 5.26 Å². The van der Waals surface area contributed by atoms with Crippen LogP contribution in [0.3, 0.4) is 0 Å². The molecule has 0 amide bonds. The molecule has 0 radical (unpaired) electrons. The highest BCUT2D eigenvalue weighted by molar-refractivity contribution is 5.38. The summed E-state index contributed by atoms with van der Waals surface area (Å²) in [5.41, 5.74) is 1.94. The molecule has 0 fully saturated rings. The Hall–Kier alpha value is -2.09. The highest BCUT2D eigenvalue weighted by atomic mass is 16.6. The Morgan fingerprint density at radius 2 is 2.19 bits per heavy atom. The topological polar surface area (TPSA) is 65.3 Å². The Bertz CT molecular complexity index is 503. The van der Waals surface area contributed by atoms with Crippen LogP contribution in [0.4, 0.5) is 0 Å². The zero-order chi connectivity index (χ0) is 15.5. The summed E-state index contributed by atoms with van der Waals surface area (Å²) in [6, 6.07) is 11.4. The van der Waals surface area contributed by atoms with Crippen LogP contribution < -0.4 is 5.32 Å². The first-order valence-electron chi connectivity index (χ1n) is 7.07. The fourth-order valence-electron chi connectivity index (χ4n) is 1.76. The average Bonchev–Trinajstić information content (AvgIpc) is 2.52. The van der Waals surface area contributed by atoms with Gasteiger partial charge >= 0.3 is 0 Å². The molecular formula is C17H22N2O2. The van der Waals surface area contributed by atoms with Crippen LogP contribution in [0.15, 0.2) is 54.3 Å². The number of nitrogens with one attached hydrogen (secondary N) is 1. The minimum absolute atomic E-state index is 0.426. The van der Waals surface area contributed by atoms with Gasteiger partial charge in [0.2, 0.25) is 0 Å². The standard InChI is InChI=1S/C17H22N2O2/c1-3-8-16(13-18)14(2)19-11-7-12-21-17(20)15-9-5-4-6-10-15/h4-6,8-10,17,19-20H,2-3,7,11-12H2,1H3/b16-8-. The molecular weight excluding hydrogens is 264 g/mol. The van der Waals surface area contributed by atoms with Crippen molar-refractivity contribution in [1.29, 1.82) is 5.26 Å². The second-order valence-corrected chi connectivity index (χ2v) is 4.53. The van der Waals surface area contributed by atoms with E-state index in [-0.39, 0.29) is 0 Å². The maximum absolute atomic E-state index is 9.81. The van der Waals surface area contributed by atoms with E-state index in [0.717, 1.165) is 12.0 Å². The van der Waals surface area contributed by atoms with Crippen molar-refractivity contribution in [3.05, 3.63) is 59.8 Å². The van der Waals surface area contributed by atoms with E-state index in [0.29, 0.717) is 30.8 Å². The van der Waals surface area contributed by atoms with Gasteiger partial charge in [-0.1, -0.05) is 49.9 Å². The van der Waals surface area contributed by atoms with Gasteiger partial charge in [0.25, 0.3) is 0 Å². The molecule has 0 aromatic heterocycles. The van der Waals surface area contributed by atoms with E-state index >= 15 is 0 Å². The number of nitriles is 1. The lowest BCUT2D eigenvalue weighted by atomic mass is 10.2. The van der Waals surface area contributed by atoms with Crippen molar-refractivity contribution >= 4 is 0 Å². The normalized spacial score (nSPS) is 12.5. The number of allylic oxidation sites excluding steroid dienone is 2. The number of ether oxygens (including phenoxy) is 1. The SMILES string of the molecule is C=C(NCCCOC(O)c1ccccc1)/C(C#N)=C\CC. The fourth-order valence-corrected chi connectivity index (χ4v) is 1.76. The molecule has 1 aromatic carbocycles. The van der Waals surface area contributed by atoms with Gasteiger partial charge < -0.3 is 15.2 Å². The molecule has 0 saturated heterocycles. The van der Waals surface area contributed by atoms with E-state index < -0.39 is 6.29 Å². The molecule has 21 heavy (non-hydrogen) atoms. The molecule has 1 atom stereocenters. The van der Waals surface area contributed by atoms with Crippen molar-refractivity contribution in [2.45, 2.75) is 26.1 Å². The second-order valence-electron chi connectivity index (χ2n) is 4.53. The van der Waals surface area contributed by atoms with E-state index in [1.54, 1.807) is 0 Å². The van der Waals surface area contributed by atoms with Crippen LogP contribution in [-0.2, 0) is 4.74 Å². The van der Waals surface area contributed by atoms with Crippen molar-refractivity contribution in [2.24, 2.45) is 0 Å². The first-order chi connectivity index (χ1) is 10.2. The van der Waals surface area contributed by atoms with Crippen LogP contribution in [0.5, 0.6) is 0 Å². The summed E-state index contributed by atoms with van der Waals surface area (Å²) in [5, 5.41) is 21.9. The fraction of sp³-hybridized carbons (Fsp3) is 0.353. The first kappa shape index (κ1) is 17.0. The molecule has 1 aromatic rings. The average molecular weight is 286 g/mol. The Labute approximate surface area is 126 Å². The molecule has 0 aliphatic heterocycles. The molecule has 0 heterocycles. The predicted molar refractivity (Wildman–Crippen MR) is 83.1 cm³/mol. The van der Waals surface area contributed by atoms with Gasteiger partial charge in [0.05, 0.1) is 12.2 Å². The molecule has 0 bridgehead atoms. The quantitative estimate of drug-likeness (QED) is 0.317. The van der Waals surface area contributed by atoms with Gasteiger partial charge in [0.15, 0.2) is 6.29 Å². The van der Waals surface area contributed by atoms with Gasteiger partial charge in [-0.05, 0) is 12.8 Å². The summed E-state index contributed by atoms with van der Waals surface area (Å²) in [5.74, 6) is 0. The lowest BCUT2D eigenvalue weighted by molar-refractivity contribution is -0.103. The van der Waals surface area contributed by atoms with Crippen LogP contribution >= 0.6 is 0 Å². The van der Waals surface area contributed by atoms with E-state index in [4.69, 9.17) is 10.00 Å². The summed E-state index contributed by atoms with van der Waals surface area (Å²) < 4.78 is 5.35. The van der Waals surface area contributed by atoms with Gasteiger partial charge in [-0.25, -0.2) is 0 Å². The van der Waals surface area contributed by atoms with E-state index in [1.165, 1.54) is 0 Å². The zero-order valence-corrected chi connectivity index (χ0v) is 12.4. The van der Waals surface area contributed by atoms with Crippen LogP contribution in [0.1, 0.15) is 31.6 Å². The number of aliphatic hydroxyl groups excluding tert-OH is 1. The summed E-state index contributed by atoms with van der Waals surface area (Å²) in [6.07, 6.45) is 2.46. The summed E-state index contributed by atoms with van der Waals surface area (Å²) in [6.45, 7) is 6.88. The molecule has 0 aliphatic carbocycles. The van der Waals surface area contributed by atoms with Crippen LogP contribution in [-0.4, -0.2) is 18.3 Å². The Morgan fingerprint density at radius 1 is 1.48 bits per heavy atom. The molecule has 1 unspecified atom stereocenters. The second kappa shape index (κ2) is 9.76. The first-order valence-corrected chi connectivity index (χ1v) is 7.07. The van der Waals surface area contributed by atoms with Gasteiger partial charge in [-0.15, -0.1) is 0 Å². The molecule has 4 nitrogen and oxygen atoms in total. The van der Waals surface area contributed by atoms with Gasteiger partial charge in [-0.3, -0.25) is 0 Å². The highest BCUT2D eigenvalue weighted by Gasteiger charge is 2.06. The maximum Gasteiger partial charge on any atom is 0.181 e. The Morgan fingerprint density at radius 3 is 2.81 bits per heavy atom. The smallest absolute Gasteiger partial charge is 0.181 e. The summed E-state index contributed by atoms with van der Waals surface area (Å²) in [4.78, 5) is 0. The molecule has 0 aliphatic rings. The van der Waals surface area contributed by atoms with E-state index in [2.05, 4.69) is 18.0 Å². The monoisotopic (exact) mass is 286 g/mol. The van der Waals surface area contributed by atoms with Crippen molar-refractivity contribution < 1.29 is 9.84 Å². The zero-order valence-electron chi connectivity index (χ0n) is 12.4. The highest BCUT2D eigenvalue weighted by Crippen LogP contribution is 2.13. The third-order valence-corrected chi connectivity index (χ3v) is 2.87. The van der Waals surface area contributed by atoms with Crippen molar-refractivity contribution in [3.8, 4) is 6.07 Å². The van der Waals surface area contributed by atoms with Gasteiger partial charge in [0.1, 0.15) is 6.07 Å². The summed E-state index contributed by atoms with van der Waals surface area (Å²) >= 11 is 0. The maximum atomic E-state index is 9.81. The number of benzene rings is 1. The Kier molecular flexibility index (Phi) is 7.88. The molecule has 0 spiro atoms. The number of hydrogen-bond donors (Lipinski definition) is 2. The van der Waals surface area contributed by atoms with Crippen LogP contribution in [0.2, 0.25) is 0 Å². The number of rotatable bonds is 9. The van der Waals surface area contributed by atoms with Crippen molar-refractivity contribution in [3.63, 3.8) is 0 Å². The third-order valence-electron chi connectivity index (χ3n) is 2.87. The van der Waals surface area contributed by atoms with E-state index in [1.807, 2.05) is 43.3 Å². The molecule has 0 saturated carbocycles. The lowest BCUT2D eigenvalue weighted by Crippen LogP contribution is -2.17.